The zero-order chi connectivity index (χ0) is 13.9. The van der Waals surface area contributed by atoms with E-state index in [1.165, 1.54) is 12.1 Å². The van der Waals surface area contributed by atoms with Crippen molar-refractivity contribution in [3.8, 4) is 5.69 Å². The molecule has 1 aromatic heterocycles. The first kappa shape index (κ1) is 12.4. The molecule has 0 amide bonds. The number of nitrogens with one attached hydrogen (secondary N) is 1. The van der Waals surface area contributed by atoms with Crippen LogP contribution in [0.15, 0.2) is 60.8 Å². The van der Waals surface area contributed by atoms with Crippen LogP contribution in [0.5, 0.6) is 0 Å². The summed E-state index contributed by atoms with van der Waals surface area (Å²) >= 11 is 0. The van der Waals surface area contributed by atoms with E-state index < -0.39 is 0 Å². The topological polar surface area (TPSA) is 29.9 Å². The molecule has 0 unspecified atom stereocenters. The van der Waals surface area contributed by atoms with Crippen LogP contribution in [0.2, 0.25) is 0 Å². The van der Waals surface area contributed by atoms with Gasteiger partial charge in [0.15, 0.2) is 0 Å². The molecule has 3 rings (SSSR count). The summed E-state index contributed by atoms with van der Waals surface area (Å²) in [6.07, 6.45) is 1.94. The van der Waals surface area contributed by atoms with Crippen LogP contribution < -0.4 is 5.32 Å². The standard InChI is InChI=1S/C16H14FN3/c1-12-11-20(15-8-3-2-4-9-15)16(18-12)19-14-7-5-6-13(17)10-14/h2-11H,1H3,(H,18,19). The molecule has 0 fully saturated rings. The minimum absolute atomic E-state index is 0.274. The van der Waals surface area contributed by atoms with Gasteiger partial charge in [-0.1, -0.05) is 24.3 Å². The number of aromatic nitrogens is 2. The molecule has 0 spiro atoms. The molecule has 0 aliphatic rings. The summed E-state index contributed by atoms with van der Waals surface area (Å²) < 4.78 is 15.2. The maximum atomic E-state index is 13.2. The predicted molar refractivity (Wildman–Crippen MR) is 78.0 cm³/mol. The van der Waals surface area contributed by atoms with Gasteiger partial charge in [0.2, 0.25) is 5.95 Å². The molecular formula is C16H14FN3. The highest BCUT2D eigenvalue weighted by Crippen LogP contribution is 2.21. The van der Waals surface area contributed by atoms with E-state index in [0.29, 0.717) is 11.6 Å². The second-order valence-electron chi connectivity index (χ2n) is 4.55. The first-order valence-electron chi connectivity index (χ1n) is 6.36. The second kappa shape index (κ2) is 5.17. The molecule has 3 nitrogen and oxygen atoms in total. The zero-order valence-corrected chi connectivity index (χ0v) is 11.0. The molecule has 0 aliphatic carbocycles. The minimum atomic E-state index is -0.274. The van der Waals surface area contributed by atoms with Gasteiger partial charge in [-0.25, -0.2) is 9.37 Å². The average Bonchev–Trinajstić information content (AvgIpc) is 2.80. The fourth-order valence-corrected chi connectivity index (χ4v) is 2.07. The third-order valence-corrected chi connectivity index (χ3v) is 2.94. The molecule has 0 radical (unpaired) electrons. The van der Waals surface area contributed by atoms with E-state index in [0.717, 1.165) is 11.4 Å². The van der Waals surface area contributed by atoms with Gasteiger partial charge in [-0.05, 0) is 37.3 Å². The van der Waals surface area contributed by atoms with Crippen molar-refractivity contribution in [2.75, 3.05) is 5.32 Å². The molecular weight excluding hydrogens is 253 g/mol. The highest BCUT2D eigenvalue weighted by molar-refractivity contribution is 5.56. The lowest BCUT2D eigenvalue weighted by Crippen LogP contribution is -2.01. The van der Waals surface area contributed by atoms with Crippen LogP contribution >= 0.6 is 0 Å². The van der Waals surface area contributed by atoms with Crippen molar-refractivity contribution in [1.29, 1.82) is 0 Å². The Labute approximate surface area is 116 Å². The Morgan fingerprint density at radius 2 is 1.85 bits per heavy atom. The molecule has 0 saturated carbocycles. The molecule has 2 aromatic carbocycles. The van der Waals surface area contributed by atoms with E-state index in [9.17, 15) is 4.39 Å². The van der Waals surface area contributed by atoms with Crippen molar-refractivity contribution in [1.82, 2.24) is 9.55 Å². The van der Waals surface area contributed by atoms with Crippen LogP contribution in [0, 0.1) is 12.7 Å². The van der Waals surface area contributed by atoms with Crippen LogP contribution in [-0.2, 0) is 0 Å². The number of rotatable bonds is 3. The average molecular weight is 267 g/mol. The number of para-hydroxylation sites is 1. The Balaban J connectivity index is 1.98. The molecule has 0 aliphatic heterocycles. The Morgan fingerprint density at radius 1 is 1.05 bits per heavy atom. The van der Waals surface area contributed by atoms with Crippen molar-refractivity contribution < 1.29 is 4.39 Å². The lowest BCUT2D eigenvalue weighted by molar-refractivity contribution is 0.628. The molecule has 20 heavy (non-hydrogen) atoms. The van der Waals surface area contributed by atoms with E-state index in [-0.39, 0.29) is 5.82 Å². The highest BCUT2D eigenvalue weighted by atomic mass is 19.1. The number of halogens is 1. The van der Waals surface area contributed by atoms with Gasteiger partial charge in [0, 0.05) is 17.6 Å². The number of anilines is 2. The van der Waals surface area contributed by atoms with Gasteiger partial charge in [-0.3, -0.25) is 4.57 Å². The van der Waals surface area contributed by atoms with Gasteiger partial charge < -0.3 is 5.32 Å². The zero-order valence-electron chi connectivity index (χ0n) is 11.0. The SMILES string of the molecule is Cc1cn(-c2ccccc2)c(Nc2cccc(F)c2)n1. The number of hydrogen-bond donors (Lipinski definition) is 1. The van der Waals surface area contributed by atoms with Crippen molar-refractivity contribution in [2.45, 2.75) is 6.92 Å². The maximum Gasteiger partial charge on any atom is 0.212 e. The van der Waals surface area contributed by atoms with Crippen molar-refractivity contribution >= 4 is 11.6 Å². The number of hydrogen-bond acceptors (Lipinski definition) is 2. The first-order valence-corrected chi connectivity index (χ1v) is 6.36. The second-order valence-corrected chi connectivity index (χ2v) is 4.55. The van der Waals surface area contributed by atoms with E-state index in [1.807, 2.05) is 54.1 Å². The maximum absolute atomic E-state index is 13.2. The fraction of sp³-hybridized carbons (Fsp3) is 0.0625. The quantitative estimate of drug-likeness (QED) is 0.775. The molecule has 0 bridgehead atoms. The van der Waals surface area contributed by atoms with Gasteiger partial charge in [0.25, 0.3) is 0 Å². The highest BCUT2D eigenvalue weighted by Gasteiger charge is 2.07. The normalized spacial score (nSPS) is 10.5. The molecule has 0 saturated heterocycles. The molecule has 1 heterocycles. The van der Waals surface area contributed by atoms with Gasteiger partial charge in [-0.15, -0.1) is 0 Å². The number of imidazole rings is 1. The smallest absolute Gasteiger partial charge is 0.212 e. The van der Waals surface area contributed by atoms with Crippen molar-refractivity contribution in [3.63, 3.8) is 0 Å². The third-order valence-electron chi connectivity index (χ3n) is 2.94. The molecule has 100 valence electrons. The Kier molecular flexibility index (Phi) is 3.21. The number of aryl methyl sites for hydroxylation is 1. The summed E-state index contributed by atoms with van der Waals surface area (Å²) in [6, 6.07) is 16.2. The first-order chi connectivity index (χ1) is 9.72. The van der Waals surface area contributed by atoms with Gasteiger partial charge in [-0.2, -0.15) is 0 Å². The predicted octanol–water partition coefficient (Wildman–Crippen LogP) is 4.06. The van der Waals surface area contributed by atoms with Crippen LogP contribution in [0.3, 0.4) is 0 Å². The monoisotopic (exact) mass is 267 g/mol. The molecule has 0 atom stereocenters. The Morgan fingerprint density at radius 3 is 2.60 bits per heavy atom. The molecule has 4 heteroatoms. The van der Waals surface area contributed by atoms with Crippen molar-refractivity contribution in [3.05, 3.63) is 72.3 Å². The largest absolute Gasteiger partial charge is 0.325 e. The molecule has 1 N–H and O–H groups in total. The van der Waals surface area contributed by atoms with Crippen LogP contribution in [0.25, 0.3) is 5.69 Å². The molecule has 3 aromatic rings. The lowest BCUT2D eigenvalue weighted by Gasteiger charge is -2.09. The van der Waals surface area contributed by atoms with Crippen LogP contribution in [-0.4, -0.2) is 9.55 Å². The minimum Gasteiger partial charge on any atom is -0.325 e. The Bertz CT molecular complexity index is 720. The van der Waals surface area contributed by atoms with Crippen LogP contribution in [0.1, 0.15) is 5.69 Å². The summed E-state index contributed by atoms with van der Waals surface area (Å²) in [5, 5.41) is 3.14. The van der Waals surface area contributed by atoms with E-state index in [2.05, 4.69) is 10.3 Å². The van der Waals surface area contributed by atoms with E-state index in [1.54, 1.807) is 6.07 Å². The van der Waals surface area contributed by atoms with Gasteiger partial charge in [0.05, 0.1) is 5.69 Å². The van der Waals surface area contributed by atoms with Gasteiger partial charge >= 0.3 is 0 Å². The number of nitrogens with zero attached hydrogens (tertiary/aromatic N) is 2. The van der Waals surface area contributed by atoms with Gasteiger partial charge in [0.1, 0.15) is 5.82 Å². The Hall–Kier alpha value is -2.62. The summed E-state index contributed by atoms with van der Waals surface area (Å²) in [4.78, 5) is 4.44. The number of benzene rings is 2. The summed E-state index contributed by atoms with van der Waals surface area (Å²) in [7, 11) is 0. The summed E-state index contributed by atoms with van der Waals surface area (Å²) in [5.41, 5.74) is 2.58. The van der Waals surface area contributed by atoms with E-state index >= 15 is 0 Å². The van der Waals surface area contributed by atoms with E-state index in [4.69, 9.17) is 0 Å². The summed E-state index contributed by atoms with van der Waals surface area (Å²) in [6.45, 7) is 1.93. The lowest BCUT2D eigenvalue weighted by atomic mass is 10.3. The summed E-state index contributed by atoms with van der Waals surface area (Å²) in [5.74, 6) is 0.392. The van der Waals surface area contributed by atoms with Crippen LogP contribution in [0.4, 0.5) is 16.0 Å². The third kappa shape index (κ3) is 2.54. The van der Waals surface area contributed by atoms with Crippen molar-refractivity contribution in [2.24, 2.45) is 0 Å². The fourth-order valence-electron chi connectivity index (χ4n) is 2.07.